The molecule has 4 rings (SSSR count). The second-order valence-electron chi connectivity index (χ2n) is 6.90. The van der Waals surface area contributed by atoms with Crippen LogP contribution in [-0.4, -0.2) is 29.0 Å². The van der Waals surface area contributed by atoms with Gasteiger partial charge < -0.3 is 16.0 Å². The van der Waals surface area contributed by atoms with Gasteiger partial charge in [-0.2, -0.15) is 0 Å². The zero-order chi connectivity index (χ0) is 19.3. The lowest BCUT2D eigenvalue weighted by atomic mass is 10.1. The van der Waals surface area contributed by atoms with E-state index in [4.69, 9.17) is 5.73 Å². The lowest BCUT2D eigenvalue weighted by Crippen LogP contribution is -2.29. The number of nitrogens with one attached hydrogen (secondary N) is 1. The summed E-state index contributed by atoms with van der Waals surface area (Å²) in [6.45, 7) is 2.20. The van der Waals surface area contributed by atoms with E-state index in [1.807, 2.05) is 42.5 Å². The van der Waals surface area contributed by atoms with Gasteiger partial charge in [0.1, 0.15) is 0 Å². The number of aromatic nitrogens is 2. The lowest BCUT2D eigenvalue weighted by molar-refractivity contribution is 0.102. The summed E-state index contributed by atoms with van der Waals surface area (Å²) in [7, 11) is 0. The van der Waals surface area contributed by atoms with Gasteiger partial charge in [0.15, 0.2) is 11.5 Å². The molecule has 3 N–H and O–H groups in total. The molecule has 0 atom stereocenters. The Morgan fingerprint density at radius 1 is 0.964 bits per heavy atom. The quantitative estimate of drug-likeness (QED) is 0.723. The Bertz CT molecular complexity index is 950. The van der Waals surface area contributed by atoms with E-state index in [2.05, 4.69) is 32.3 Å². The molecule has 1 saturated heterocycles. The fourth-order valence-electron chi connectivity index (χ4n) is 3.41. The van der Waals surface area contributed by atoms with E-state index in [1.54, 1.807) is 6.20 Å². The molecule has 0 unspecified atom stereocenters. The summed E-state index contributed by atoms with van der Waals surface area (Å²) < 4.78 is 0. The van der Waals surface area contributed by atoms with Gasteiger partial charge in [-0.15, -0.1) is 0 Å². The van der Waals surface area contributed by atoms with Crippen molar-refractivity contribution in [1.29, 1.82) is 0 Å². The molecule has 0 radical (unpaired) electrons. The van der Waals surface area contributed by atoms with Gasteiger partial charge >= 0.3 is 0 Å². The van der Waals surface area contributed by atoms with Crippen molar-refractivity contribution in [1.82, 2.24) is 9.97 Å². The van der Waals surface area contributed by atoms with Crippen molar-refractivity contribution in [3.05, 3.63) is 66.5 Å². The van der Waals surface area contributed by atoms with Crippen molar-refractivity contribution in [2.24, 2.45) is 0 Å². The van der Waals surface area contributed by atoms with Crippen LogP contribution in [-0.2, 0) is 0 Å². The number of hydrogen-bond acceptors (Lipinski definition) is 5. The highest BCUT2D eigenvalue weighted by molar-refractivity contribution is 6.05. The number of anilines is 3. The van der Waals surface area contributed by atoms with Gasteiger partial charge in [-0.1, -0.05) is 30.3 Å². The second-order valence-corrected chi connectivity index (χ2v) is 6.90. The van der Waals surface area contributed by atoms with Crippen LogP contribution in [0.2, 0.25) is 0 Å². The van der Waals surface area contributed by atoms with Crippen LogP contribution < -0.4 is 16.0 Å². The summed E-state index contributed by atoms with van der Waals surface area (Å²) in [5.41, 5.74) is 9.46. The molecule has 1 fully saturated rings. The average Bonchev–Trinajstić information content (AvgIpc) is 2.75. The van der Waals surface area contributed by atoms with E-state index in [0.29, 0.717) is 11.4 Å². The Hall–Kier alpha value is -3.41. The molecule has 142 valence electrons. The van der Waals surface area contributed by atoms with E-state index in [9.17, 15) is 4.79 Å². The molecular formula is C22H23N5O. The third-order valence-corrected chi connectivity index (χ3v) is 4.93. The lowest BCUT2D eigenvalue weighted by Gasteiger charge is -2.28. The van der Waals surface area contributed by atoms with Crippen LogP contribution >= 0.6 is 0 Å². The minimum atomic E-state index is -0.372. The summed E-state index contributed by atoms with van der Waals surface area (Å²) in [6, 6.07) is 17.4. The Morgan fingerprint density at radius 2 is 1.68 bits per heavy atom. The van der Waals surface area contributed by atoms with E-state index in [-0.39, 0.29) is 17.4 Å². The van der Waals surface area contributed by atoms with Gasteiger partial charge in [0.2, 0.25) is 0 Å². The third-order valence-electron chi connectivity index (χ3n) is 4.93. The van der Waals surface area contributed by atoms with Crippen molar-refractivity contribution in [3.63, 3.8) is 0 Å². The predicted octanol–water partition coefficient (Wildman–Crippen LogP) is 3.97. The van der Waals surface area contributed by atoms with Crippen LogP contribution in [0, 0.1) is 0 Å². The number of nitrogens with zero attached hydrogens (tertiary/aromatic N) is 3. The van der Waals surface area contributed by atoms with Gasteiger partial charge in [0.25, 0.3) is 5.91 Å². The highest BCUT2D eigenvalue weighted by atomic mass is 16.1. The van der Waals surface area contributed by atoms with Crippen LogP contribution in [0.1, 0.15) is 29.8 Å². The maximum Gasteiger partial charge on any atom is 0.278 e. The maximum atomic E-state index is 12.6. The summed E-state index contributed by atoms with van der Waals surface area (Å²) in [6.07, 6.45) is 5.39. The van der Waals surface area contributed by atoms with E-state index >= 15 is 0 Å². The zero-order valence-electron chi connectivity index (χ0n) is 15.6. The first-order valence-corrected chi connectivity index (χ1v) is 9.55. The molecule has 0 saturated carbocycles. The minimum absolute atomic E-state index is 0.113. The molecule has 0 aliphatic carbocycles. The molecule has 0 bridgehead atoms. The first-order chi connectivity index (χ1) is 13.7. The molecular weight excluding hydrogens is 350 g/mol. The van der Waals surface area contributed by atoms with Crippen LogP contribution in [0.3, 0.4) is 0 Å². The molecule has 28 heavy (non-hydrogen) atoms. The Kier molecular flexibility index (Phi) is 5.19. The van der Waals surface area contributed by atoms with Crippen LogP contribution in [0.25, 0.3) is 11.3 Å². The largest absolute Gasteiger partial charge is 0.382 e. The molecule has 1 aliphatic heterocycles. The highest BCUT2D eigenvalue weighted by Crippen LogP contribution is 2.25. The molecule has 1 amide bonds. The normalized spacial score (nSPS) is 13.9. The topological polar surface area (TPSA) is 84.1 Å². The molecule has 6 nitrogen and oxygen atoms in total. The summed E-state index contributed by atoms with van der Waals surface area (Å²) >= 11 is 0. The number of carbonyl (C=O) groups is 1. The van der Waals surface area contributed by atoms with Crippen molar-refractivity contribution in [2.75, 3.05) is 29.0 Å². The van der Waals surface area contributed by atoms with Gasteiger partial charge in [0, 0.05) is 30.0 Å². The van der Waals surface area contributed by atoms with Gasteiger partial charge in [-0.25, -0.2) is 9.97 Å². The number of carbonyl (C=O) groups excluding carboxylic acids is 1. The third kappa shape index (κ3) is 3.96. The van der Waals surface area contributed by atoms with Crippen molar-refractivity contribution in [2.45, 2.75) is 19.3 Å². The summed E-state index contributed by atoms with van der Waals surface area (Å²) in [5, 5.41) is 2.80. The first-order valence-electron chi connectivity index (χ1n) is 9.55. The van der Waals surface area contributed by atoms with Crippen molar-refractivity contribution >= 4 is 23.1 Å². The van der Waals surface area contributed by atoms with E-state index in [1.165, 1.54) is 24.9 Å². The summed E-state index contributed by atoms with van der Waals surface area (Å²) in [5.74, 6) is -0.259. The number of amides is 1. The number of rotatable bonds is 4. The molecule has 1 aromatic heterocycles. The number of nitrogen functional groups attached to an aromatic ring is 1. The Labute approximate surface area is 164 Å². The molecule has 2 aromatic carbocycles. The van der Waals surface area contributed by atoms with Gasteiger partial charge in [0.05, 0.1) is 11.9 Å². The minimum Gasteiger partial charge on any atom is -0.382 e. The molecule has 3 aromatic rings. The second kappa shape index (κ2) is 8.08. The fraction of sp³-hybridized carbons (Fsp3) is 0.227. The van der Waals surface area contributed by atoms with Gasteiger partial charge in [-0.05, 0) is 43.5 Å². The number of piperidine rings is 1. The highest BCUT2D eigenvalue weighted by Gasteiger charge is 2.16. The Morgan fingerprint density at radius 3 is 2.39 bits per heavy atom. The number of hydrogen-bond donors (Lipinski definition) is 2. The van der Waals surface area contributed by atoms with Crippen LogP contribution in [0.4, 0.5) is 17.2 Å². The number of nitrogens with two attached hydrogens (primary N) is 1. The van der Waals surface area contributed by atoms with Crippen molar-refractivity contribution < 1.29 is 4.79 Å². The van der Waals surface area contributed by atoms with Crippen LogP contribution in [0.15, 0.2) is 60.8 Å². The molecule has 2 heterocycles. The van der Waals surface area contributed by atoms with Crippen LogP contribution in [0.5, 0.6) is 0 Å². The monoisotopic (exact) mass is 373 g/mol. The Balaban J connectivity index is 1.55. The first kappa shape index (κ1) is 18.0. The van der Waals surface area contributed by atoms with E-state index < -0.39 is 0 Å². The molecule has 6 heteroatoms. The zero-order valence-corrected chi connectivity index (χ0v) is 15.6. The summed E-state index contributed by atoms with van der Waals surface area (Å²) in [4.78, 5) is 23.6. The standard InChI is InChI=1S/C22H23N5O/c23-21-20(22(28)25-17-7-3-1-4-8-17)26-19(15-24-21)16-9-11-18(12-10-16)27-13-5-2-6-14-27/h1,3-4,7-12,15H,2,5-6,13-14H2,(H2,23,24)(H,25,28). The SMILES string of the molecule is Nc1ncc(-c2ccc(N3CCCCC3)cc2)nc1C(=O)Nc1ccccc1. The molecule has 0 spiro atoms. The molecule has 1 aliphatic rings. The smallest absolute Gasteiger partial charge is 0.278 e. The maximum absolute atomic E-state index is 12.6. The average molecular weight is 373 g/mol. The number of para-hydroxylation sites is 1. The van der Waals surface area contributed by atoms with Gasteiger partial charge in [-0.3, -0.25) is 4.79 Å². The fourth-order valence-corrected chi connectivity index (χ4v) is 3.41. The van der Waals surface area contributed by atoms with Crippen molar-refractivity contribution in [3.8, 4) is 11.3 Å². The predicted molar refractivity (Wildman–Crippen MR) is 112 cm³/mol. The number of benzene rings is 2. The van der Waals surface area contributed by atoms with E-state index in [0.717, 1.165) is 18.7 Å².